The molecule has 0 aromatic heterocycles. The quantitative estimate of drug-likeness (QED) is 0.820. The molecular formula is C18H26ClNO3. The number of nitrogens with one attached hydrogen (secondary N) is 1. The van der Waals surface area contributed by atoms with E-state index in [1.807, 2.05) is 19.9 Å². The minimum Gasteiger partial charge on any atom is -0.481 e. The van der Waals surface area contributed by atoms with Crippen molar-refractivity contribution in [3.8, 4) is 5.75 Å². The van der Waals surface area contributed by atoms with Crippen LogP contribution in [0.3, 0.4) is 0 Å². The van der Waals surface area contributed by atoms with Crippen molar-refractivity contribution in [2.45, 2.75) is 64.7 Å². The molecule has 3 unspecified atom stereocenters. The zero-order valence-corrected chi connectivity index (χ0v) is 14.9. The molecule has 5 heteroatoms. The van der Waals surface area contributed by atoms with Crippen molar-refractivity contribution in [3.63, 3.8) is 0 Å². The largest absolute Gasteiger partial charge is 0.481 e. The molecular weight excluding hydrogens is 314 g/mol. The molecule has 1 aliphatic heterocycles. The summed E-state index contributed by atoms with van der Waals surface area (Å²) in [5.41, 5.74) is 0.920. The number of halogens is 1. The molecule has 1 N–H and O–H groups in total. The average Bonchev–Trinajstić information content (AvgIpc) is 3.01. The second-order valence-electron chi connectivity index (χ2n) is 6.29. The molecule has 1 fully saturated rings. The van der Waals surface area contributed by atoms with Crippen LogP contribution in [0.1, 0.15) is 45.1 Å². The Labute approximate surface area is 143 Å². The highest BCUT2D eigenvalue weighted by Crippen LogP contribution is 2.23. The van der Waals surface area contributed by atoms with Gasteiger partial charge in [-0.25, -0.2) is 0 Å². The highest BCUT2D eigenvalue weighted by atomic mass is 35.5. The zero-order valence-electron chi connectivity index (χ0n) is 14.1. The Balaban J connectivity index is 1.77. The summed E-state index contributed by atoms with van der Waals surface area (Å²) in [4.78, 5) is 12.2. The van der Waals surface area contributed by atoms with Gasteiger partial charge in [0.1, 0.15) is 5.75 Å². The Morgan fingerprint density at radius 3 is 2.91 bits per heavy atom. The standard InChI is InChI=1S/C18H26ClNO3/c1-12-11-15(19)7-9-17(12)23-14(3)18(21)20-13(2)6-8-16-5-4-10-22-16/h7,9,11,13-14,16H,4-6,8,10H2,1-3H3,(H,20,21). The summed E-state index contributed by atoms with van der Waals surface area (Å²) in [5, 5.41) is 3.67. The number of hydrogen-bond acceptors (Lipinski definition) is 3. The number of ether oxygens (including phenoxy) is 2. The molecule has 2 rings (SSSR count). The van der Waals surface area contributed by atoms with Crippen LogP contribution in [0.5, 0.6) is 5.75 Å². The number of benzene rings is 1. The lowest BCUT2D eigenvalue weighted by atomic mass is 10.1. The Bertz CT molecular complexity index is 529. The van der Waals surface area contributed by atoms with Crippen LogP contribution in [0.15, 0.2) is 18.2 Å². The lowest BCUT2D eigenvalue weighted by molar-refractivity contribution is -0.128. The first kappa shape index (κ1) is 18.1. The summed E-state index contributed by atoms with van der Waals surface area (Å²) >= 11 is 5.93. The molecule has 3 atom stereocenters. The van der Waals surface area contributed by atoms with E-state index in [1.54, 1.807) is 19.1 Å². The molecule has 1 amide bonds. The molecule has 4 nitrogen and oxygen atoms in total. The van der Waals surface area contributed by atoms with Crippen molar-refractivity contribution in [1.82, 2.24) is 5.32 Å². The van der Waals surface area contributed by atoms with Gasteiger partial charge in [0.25, 0.3) is 5.91 Å². The van der Waals surface area contributed by atoms with Gasteiger partial charge in [0, 0.05) is 17.7 Å². The predicted molar refractivity (Wildman–Crippen MR) is 92.1 cm³/mol. The summed E-state index contributed by atoms with van der Waals surface area (Å²) in [6.07, 6.45) is 4.02. The fourth-order valence-corrected chi connectivity index (χ4v) is 2.96. The Hall–Kier alpha value is -1.26. The second-order valence-corrected chi connectivity index (χ2v) is 6.73. The van der Waals surface area contributed by atoms with E-state index in [9.17, 15) is 4.79 Å². The molecule has 1 aromatic rings. The van der Waals surface area contributed by atoms with Crippen LogP contribution in [-0.4, -0.2) is 30.8 Å². The van der Waals surface area contributed by atoms with Gasteiger partial charge in [-0.3, -0.25) is 4.79 Å². The maximum Gasteiger partial charge on any atom is 0.260 e. The smallest absolute Gasteiger partial charge is 0.260 e. The molecule has 23 heavy (non-hydrogen) atoms. The van der Waals surface area contributed by atoms with Gasteiger partial charge in [0.2, 0.25) is 0 Å². The molecule has 0 bridgehead atoms. The highest BCUT2D eigenvalue weighted by molar-refractivity contribution is 6.30. The fraction of sp³-hybridized carbons (Fsp3) is 0.611. The van der Waals surface area contributed by atoms with Gasteiger partial charge in [0.15, 0.2) is 6.10 Å². The van der Waals surface area contributed by atoms with Crippen molar-refractivity contribution in [2.24, 2.45) is 0 Å². The van der Waals surface area contributed by atoms with Crippen molar-refractivity contribution < 1.29 is 14.3 Å². The molecule has 0 spiro atoms. The maximum absolute atomic E-state index is 12.2. The molecule has 0 saturated carbocycles. The third kappa shape index (κ3) is 5.70. The number of carbonyl (C=O) groups excluding carboxylic acids is 1. The average molecular weight is 340 g/mol. The lowest BCUT2D eigenvalue weighted by Crippen LogP contribution is -2.41. The molecule has 1 aliphatic rings. The zero-order chi connectivity index (χ0) is 16.8. The SMILES string of the molecule is Cc1cc(Cl)ccc1OC(C)C(=O)NC(C)CCC1CCCO1. The van der Waals surface area contributed by atoms with Crippen molar-refractivity contribution in [1.29, 1.82) is 0 Å². The normalized spacial score (nSPS) is 20.1. The van der Waals surface area contributed by atoms with Crippen molar-refractivity contribution >= 4 is 17.5 Å². The molecule has 1 aromatic carbocycles. The molecule has 1 saturated heterocycles. The summed E-state index contributed by atoms with van der Waals surface area (Å²) in [7, 11) is 0. The Morgan fingerprint density at radius 2 is 2.26 bits per heavy atom. The van der Waals surface area contributed by atoms with Gasteiger partial charge >= 0.3 is 0 Å². The van der Waals surface area contributed by atoms with E-state index in [0.29, 0.717) is 16.9 Å². The van der Waals surface area contributed by atoms with Gasteiger partial charge in [-0.05, 0) is 70.2 Å². The van der Waals surface area contributed by atoms with Crippen LogP contribution in [0.2, 0.25) is 5.02 Å². The van der Waals surface area contributed by atoms with Crippen LogP contribution in [-0.2, 0) is 9.53 Å². The van der Waals surface area contributed by atoms with E-state index < -0.39 is 6.10 Å². The topological polar surface area (TPSA) is 47.6 Å². The van der Waals surface area contributed by atoms with E-state index in [2.05, 4.69) is 5.32 Å². The fourth-order valence-electron chi connectivity index (χ4n) is 2.73. The van der Waals surface area contributed by atoms with E-state index in [1.165, 1.54) is 0 Å². The minimum atomic E-state index is -0.542. The molecule has 0 radical (unpaired) electrons. The third-order valence-corrected chi connectivity index (χ3v) is 4.38. The van der Waals surface area contributed by atoms with Crippen LogP contribution in [0.4, 0.5) is 0 Å². The van der Waals surface area contributed by atoms with Crippen molar-refractivity contribution in [2.75, 3.05) is 6.61 Å². The summed E-state index contributed by atoms with van der Waals surface area (Å²) in [5.74, 6) is 0.586. The predicted octanol–water partition coefficient (Wildman–Crippen LogP) is 3.88. The number of hydrogen-bond donors (Lipinski definition) is 1. The molecule has 128 valence electrons. The molecule has 0 aliphatic carbocycles. The van der Waals surface area contributed by atoms with Gasteiger partial charge in [-0.2, -0.15) is 0 Å². The van der Waals surface area contributed by atoms with E-state index in [0.717, 1.165) is 37.9 Å². The van der Waals surface area contributed by atoms with Crippen LogP contribution in [0, 0.1) is 6.92 Å². The third-order valence-electron chi connectivity index (χ3n) is 4.14. The van der Waals surface area contributed by atoms with Crippen molar-refractivity contribution in [3.05, 3.63) is 28.8 Å². The first-order valence-electron chi connectivity index (χ1n) is 8.30. The van der Waals surface area contributed by atoms with Gasteiger partial charge in [-0.1, -0.05) is 11.6 Å². The van der Waals surface area contributed by atoms with E-state index in [-0.39, 0.29) is 11.9 Å². The Kier molecular flexibility index (Phi) is 6.72. The molecule has 1 heterocycles. The van der Waals surface area contributed by atoms with Crippen LogP contribution in [0.25, 0.3) is 0 Å². The minimum absolute atomic E-state index is 0.0980. The monoisotopic (exact) mass is 339 g/mol. The van der Waals surface area contributed by atoms with Crippen LogP contribution >= 0.6 is 11.6 Å². The van der Waals surface area contributed by atoms with Crippen LogP contribution < -0.4 is 10.1 Å². The van der Waals surface area contributed by atoms with Gasteiger partial charge in [0.05, 0.1) is 6.10 Å². The maximum atomic E-state index is 12.2. The number of carbonyl (C=O) groups is 1. The van der Waals surface area contributed by atoms with E-state index >= 15 is 0 Å². The number of rotatable bonds is 7. The van der Waals surface area contributed by atoms with Gasteiger partial charge in [-0.15, -0.1) is 0 Å². The summed E-state index contributed by atoms with van der Waals surface area (Å²) < 4.78 is 11.4. The first-order valence-corrected chi connectivity index (χ1v) is 8.68. The second kappa shape index (κ2) is 8.55. The van der Waals surface area contributed by atoms with E-state index in [4.69, 9.17) is 21.1 Å². The lowest BCUT2D eigenvalue weighted by Gasteiger charge is -2.20. The first-order chi connectivity index (χ1) is 11.0. The summed E-state index contributed by atoms with van der Waals surface area (Å²) in [6, 6.07) is 5.50. The highest BCUT2D eigenvalue weighted by Gasteiger charge is 2.20. The number of amides is 1. The summed E-state index contributed by atoms with van der Waals surface area (Å²) in [6.45, 7) is 6.57. The number of aryl methyl sites for hydroxylation is 1. The van der Waals surface area contributed by atoms with Gasteiger partial charge < -0.3 is 14.8 Å². The Morgan fingerprint density at radius 1 is 1.48 bits per heavy atom.